The average Bonchev–Trinajstić information content (AvgIpc) is 2.39. The van der Waals surface area contributed by atoms with Gasteiger partial charge in [-0.3, -0.25) is 0 Å². The van der Waals surface area contributed by atoms with E-state index in [1.54, 1.807) is 0 Å². The summed E-state index contributed by atoms with van der Waals surface area (Å²) in [5.74, 6) is 0.915. The van der Waals surface area contributed by atoms with E-state index in [4.69, 9.17) is 10.5 Å². The summed E-state index contributed by atoms with van der Waals surface area (Å²) in [5.41, 5.74) is 6.97. The Morgan fingerprint density at radius 3 is 2.47 bits per heavy atom. The van der Waals surface area contributed by atoms with Crippen LogP contribution in [0.4, 0.5) is 0 Å². The molecule has 0 aliphatic heterocycles. The van der Waals surface area contributed by atoms with Crippen molar-refractivity contribution in [2.45, 2.75) is 58.4 Å². The van der Waals surface area contributed by atoms with Crippen molar-refractivity contribution in [1.82, 2.24) is 0 Å². The number of rotatable bonds is 9. The average molecular weight is 328 g/mol. The third-order valence-corrected chi connectivity index (χ3v) is 3.86. The minimum absolute atomic E-state index is 0.0592. The van der Waals surface area contributed by atoms with Gasteiger partial charge in [-0.1, -0.05) is 45.1 Å². The van der Waals surface area contributed by atoms with Crippen LogP contribution in [0.15, 0.2) is 22.7 Å². The van der Waals surface area contributed by atoms with E-state index < -0.39 is 0 Å². The number of hydrogen-bond donors (Lipinski definition) is 1. The highest BCUT2D eigenvalue weighted by atomic mass is 79.9. The largest absolute Gasteiger partial charge is 0.492 e. The summed E-state index contributed by atoms with van der Waals surface area (Å²) >= 11 is 3.54. The standard InChI is InChI=1S/C16H26BrNO/c1-3-4-5-6-7-8-11-19-16-10-9-14(13(2)18)12-15(16)17/h9-10,12-13H,3-8,11,18H2,1-2H3/t13-/m1/s1. The van der Waals surface area contributed by atoms with Crippen molar-refractivity contribution in [1.29, 1.82) is 0 Å². The second kappa shape index (κ2) is 9.38. The maximum Gasteiger partial charge on any atom is 0.133 e. The lowest BCUT2D eigenvalue weighted by Gasteiger charge is -2.11. The fourth-order valence-corrected chi connectivity index (χ4v) is 2.49. The van der Waals surface area contributed by atoms with Crippen LogP contribution in [0.5, 0.6) is 5.75 Å². The van der Waals surface area contributed by atoms with Crippen molar-refractivity contribution in [2.75, 3.05) is 6.61 Å². The van der Waals surface area contributed by atoms with Crippen LogP contribution in [-0.2, 0) is 0 Å². The first-order chi connectivity index (χ1) is 9.15. The summed E-state index contributed by atoms with van der Waals surface area (Å²) in [6.45, 7) is 5.02. The van der Waals surface area contributed by atoms with Crippen molar-refractivity contribution < 1.29 is 4.74 Å². The summed E-state index contributed by atoms with van der Waals surface area (Å²) < 4.78 is 6.78. The van der Waals surface area contributed by atoms with Crippen LogP contribution in [0.3, 0.4) is 0 Å². The molecule has 0 spiro atoms. The minimum atomic E-state index is 0.0592. The van der Waals surface area contributed by atoms with Crippen molar-refractivity contribution in [3.63, 3.8) is 0 Å². The van der Waals surface area contributed by atoms with E-state index >= 15 is 0 Å². The molecule has 0 saturated heterocycles. The highest BCUT2D eigenvalue weighted by Crippen LogP contribution is 2.28. The zero-order chi connectivity index (χ0) is 14.1. The number of unbranched alkanes of at least 4 members (excludes halogenated alkanes) is 5. The van der Waals surface area contributed by atoms with Crippen molar-refractivity contribution >= 4 is 15.9 Å². The van der Waals surface area contributed by atoms with Gasteiger partial charge in [0, 0.05) is 6.04 Å². The highest BCUT2D eigenvalue weighted by Gasteiger charge is 2.05. The van der Waals surface area contributed by atoms with Gasteiger partial charge in [0.2, 0.25) is 0 Å². The Morgan fingerprint density at radius 1 is 1.16 bits per heavy atom. The van der Waals surface area contributed by atoms with Gasteiger partial charge in [-0.2, -0.15) is 0 Å². The Bertz CT molecular complexity index is 366. The number of hydrogen-bond acceptors (Lipinski definition) is 2. The summed E-state index contributed by atoms with van der Waals surface area (Å²) in [7, 11) is 0. The Morgan fingerprint density at radius 2 is 1.84 bits per heavy atom. The van der Waals surface area contributed by atoms with E-state index in [2.05, 4.69) is 22.9 Å². The molecule has 3 heteroatoms. The molecular weight excluding hydrogens is 302 g/mol. The lowest BCUT2D eigenvalue weighted by Crippen LogP contribution is -2.05. The minimum Gasteiger partial charge on any atom is -0.492 e. The second-order valence-corrected chi connectivity index (χ2v) is 5.95. The van der Waals surface area contributed by atoms with E-state index in [1.807, 2.05) is 25.1 Å². The SMILES string of the molecule is CCCCCCCCOc1ccc([C@@H](C)N)cc1Br. The third-order valence-electron chi connectivity index (χ3n) is 3.24. The quantitative estimate of drug-likeness (QED) is 0.632. The second-order valence-electron chi connectivity index (χ2n) is 5.09. The van der Waals surface area contributed by atoms with Crippen LogP contribution in [0.2, 0.25) is 0 Å². The summed E-state index contributed by atoms with van der Waals surface area (Å²) in [6.07, 6.45) is 7.71. The van der Waals surface area contributed by atoms with E-state index in [0.29, 0.717) is 0 Å². The first-order valence-corrected chi connectivity index (χ1v) is 8.12. The first kappa shape index (κ1) is 16.5. The number of benzene rings is 1. The molecule has 108 valence electrons. The molecule has 0 fully saturated rings. The van der Waals surface area contributed by atoms with E-state index in [9.17, 15) is 0 Å². The van der Waals surface area contributed by atoms with Crippen LogP contribution in [0.25, 0.3) is 0 Å². The molecule has 1 aromatic rings. The van der Waals surface area contributed by atoms with Gasteiger partial charge in [0.05, 0.1) is 11.1 Å². The number of halogens is 1. The monoisotopic (exact) mass is 327 g/mol. The third kappa shape index (κ3) is 6.44. The molecule has 0 radical (unpaired) electrons. The molecule has 0 amide bonds. The smallest absolute Gasteiger partial charge is 0.133 e. The topological polar surface area (TPSA) is 35.2 Å². The predicted octanol–water partition coefficient (Wildman–Crippen LogP) is 5.21. The van der Waals surface area contributed by atoms with Crippen LogP contribution < -0.4 is 10.5 Å². The van der Waals surface area contributed by atoms with Crippen LogP contribution in [-0.4, -0.2) is 6.61 Å². The maximum atomic E-state index is 5.85. The molecule has 1 atom stereocenters. The fourth-order valence-electron chi connectivity index (χ4n) is 1.98. The zero-order valence-corrected chi connectivity index (χ0v) is 13.7. The molecule has 19 heavy (non-hydrogen) atoms. The number of ether oxygens (including phenoxy) is 1. The van der Waals surface area contributed by atoms with Gasteiger partial charge >= 0.3 is 0 Å². The zero-order valence-electron chi connectivity index (χ0n) is 12.1. The lowest BCUT2D eigenvalue weighted by atomic mass is 10.1. The first-order valence-electron chi connectivity index (χ1n) is 7.33. The summed E-state index contributed by atoms with van der Waals surface area (Å²) in [5, 5.41) is 0. The molecule has 0 heterocycles. The molecule has 2 nitrogen and oxygen atoms in total. The molecular formula is C16H26BrNO. The molecule has 1 aromatic carbocycles. The van der Waals surface area contributed by atoms with E-state index in [0.717, 1.165) is 28.8 Å². The normalized spacial score (nSPS) is 12.4. The molecule has 0 unspecified atom stereocenters. The molecule has 1 rings (SSSR count). The van der Waals surface area contributed by atoms with Gasteiger partial charge < -0.3 is 10.5 Å². The highest BCUT2D eigenvalue weighted by molar-refractivity contribution is 9.10. The van der Waals surface area contributed by atoms with Gasteiger partial charge in [-0.25, -0.2) is 0 Å². The Labute approximate surface area is 125 Å². The van der Waals surface area contributed by atoms with Crippen molar-refractivity contribution in [3.05, 3.63) is 28.2 Å². The van der Waals surface area contributed by atoms with Gasteiger partial charge in [0.1, 0.15) is 5.75 Å². The summed E-state index contributed by atoms with van der Waals surface area (Å²) in [4.78, 5) is 0. The number of nitrogens with two attached hydrogens (primary N) is 1. The molecule has 0 aliphatic carbocycles. The van der Waals surface area contributed by atoms with Crippen LogP contribution in [0.1, 0.15) is 64.0 Å². The Balaban J connectivity index is 2.26. The predicted molar refractivity (Wildman–Crippen MR) is 85.6 cm³/mol. The van der Waals surface area contributed by atoms with Gasteiger partial charge in [0.15, 0.2) is 0 Å². The summed E-state index contributed by atoms with van der Waals surface area (Å²) in [6, 6.07) is 6.14. The lowest BCUT2D eigenvalue weighted by molar-refractivity contribution is 0.302. The molecule has 0 saturated carbocycles. The van der Waals surface area contributed by atoms with Gasteiger partial charge in [-0.15, -0.1) is 0 Å². The van der Waals surface area contributed by atoms with Gasteiger partial charge in [0.25, 0.3) is 0 Å². The van der Waals surface area contributed by atoms with Crippen molar-refractivity contribution in [2.24, 2.45) is 5.73 Å². The van der Waals surface area contributed by atoms with Crippen LogP contribution in [0, 0.1) is 0 Å². The molecule has 0 aromatic heterocycles. The molecule has 0 bridgehead atoms. The van der Waals surface area contributed by atoms with Gasteiger partial charge in [-0.05, 0) is 47.0 Å². The Kier molecular flexibility index (Phi) is 8.15. The Hall–Kier alpha value is -0.540. The van der Waals surface area contributed by atoms with Crippen LogP contribution >= 0.6 is 15.9 Å². The van der Waals surface area contributed by atoms with Crippen molar-refractivity contribution in [3.8, 4) is 5.75 Å². The maximum absolute atomic E-state index is 5.85. The molecule has 0 aliphatic rings. The fraction of sp³-hybridized carbons (Fsp3) is 0.625. The van der Waals surface area contributed by atoms with E-state index in [-0.39, 0.29) is 6.04 Å². The molecule has 2 N–H and O–H groups in total. The van der Waals surface area contributed by atoms with E-state index in [1.165, 1.54) is 32.1 Å².